The largest absolute Gasteiger partial charge is 0.267 e. The zero-order chi connectivity index (χ0) is 9.97. The fourth-order valence-corrected chi connectivity index (χ4v) is 1.48. The highest BCUT2D eigenvalue weighted by Crippen LogP contribution is 2.07. The third kappa shape index (κ3) is 2.17. The van der Waals surface area contributed by atoms with Gasteiger partial charge < -0.3 is 0 Å². The van der Waals surface area contributed by atoms with E-state index in [4.69, 9.17) is 0 Å². The number of rotatable bonds is 2. The number of hydrogen-bond acceptors (Lipinski definition) is 2. The summed E-state index contributed by atoms with van der Waals surface area (Å²) in [4.78, 5) is 3.76. The maximum Gasteiger partial charge on any atom is 0.141 e. The average Bonchev–Trinajstić information content (AvgIpc) is 2.51. The highest BCUT2D eigenvalue weighted by molar-refractivity contribution is 9.10. The molecule has 0 saturated carbocycles. The van der Waals surface area contributed by atoms with Gasteiger partial charge in [-0.3, -0.25) is 9.67 Å². The molecule has 0 aromatic carbocycles. The molecule has 0 aliphatic carbocycles. The lowest BCUT2D eigenvalue weighted by Crippen LogP contribution is -2.00. The first-order valence-electron chi connectivity index (χ1n) is 4.02. The van der Waals surface area contributed by atoms with Gasteiger partial charge in [-0.1, -0.05) is 0 Å². The van der Waals surface area contributed by atoms with E-state index >= 15 is 0 Å². The topological polar surface area (TPSA) is 30.7 Å². The summed E-state index contributed by atoms with van der Waals surface area (Å²) in [5.41, 5.74) is 0.792. The van der Waals surface area contributed by atoms with Gasteiger partial charge in [0, 0.05) is 12.4 Å². The van der Waals surface area contributed by atoms with Crippen LogP contribution in [-0.4, -0.2) is 14.8 Å². The average molecular weight is 256 g/mol. The van der Waals surface area contributed by atoms with E-state index in [1.54, 1.807) is 10.9 Å². The lowest BCUT2D eigenvalue weighted by Gasteiger charge is -2.00. The van der Waals surface area contributed by atoms with Gasteiger partial charge in [0.15, 0.2) is 0 Å². The van der Waals surface area contributed by atoms with Crippen molar-refractivity contribution in [2.24, 2.45) is 0 Å². The fourth-order valence-electron chi connectivity index (χ4n) is 1.15. The molecule has 0 fully saturated rings. The third-order valence-electron chi connectivity index (χ3n) is 1.71. The Morgan fingerprint density at radius 3 is 2.93 bits per heavy atom. The fraction of sp³-hybridized carbons (Fsp3) is 0.111. The van der Waals surface area contributed by atoms with E-state index in [9.17, 15) is 4.39 Å². The Morgan fingerprint density at radius 2 is 2.29 bits per heavy atom. The first kappa shape index (κ1) is 9.33. The summed E-state index contributed by atoms with van der Waals surface area (Å²) in [6.45, 7) is 0.524. The van der Waals surface area contributed by atoms with Gasteiger partial charge in [-0.2, -0.15) is 5.10 Å². The summed E-state index contributed by atoms with van der Waals surface area (Å²) in [6.07, 6.45) is 4.62. The van der Waals surface area contributed by atoms with Gasteiger partial charge in [0.2, 0.25) is 0 Å². The molecule has 0 spiro atoms. The minimum Gasteiger partial charge on any atom is -0.267 e. The second kappa shape index (κ2) is 3.88. The van der Waals surface area contributed by atoms with Gasteiger partial charge >= 0.3 is 0 Å². The van der Waals surface area contributed by atoms with Crippen LogP contribution in [0.4, 0.5) is 4.39 Å². The smallest absolute Gasteiger partial charge is 0.141 e. The van der Waals surface area contributed by atoms with Crippen molar-refractivity contribution in [3.05, 3.63) is 46.7 Å². The second-order valence-electron chi connectivity index (χ2n) is 2.85. The Labute approximate surface area is 88.7 Å². The summed E-state index contributed by atoms with van der Waals surface area (Å²) < 4.78 is 15.2. The maximum atomic E-state index is 12.8. The summed E-state index contributed by atoms with van der Waals surface area (Å²) >= 11 is 3.24. The third-order valence-corrected chi connectivity index (χ3v) is 2.14. The molecule has 5 heteroatoms. The zero-order valence-electron chi connectivity index (χ0n) is 7.19. The van der Waals surface area contributed by atoms with Crippen LogP contribution >= 0.6 is 15.9 Å². The molecule has 72 valence electrons. The Bertz CT molecular complexity index is 441. The molecule has 2 heterocycles. The van der Waals surface area contributed by atoms with Gasteiger partial charge in [0.25, 0.3) is 0 Å². The van der Waals surface area contributed by atoms with Crippen molar-refractivity contribution < 1.29 is 4.39 Å². The Balaban J connectivity index is 2.18. The second-order valence-corrected chi connectivity index (χ2v) is 3.66. The van der Waals surface area contributed by atoms with Crippen LogP contribution in [0.2, 0.25) is 0 Å². The van der Waals surface area contributed by atoms with E-state index in [0.717, 1.165) is 10.2 Å². The molecular formula is C9H7BrFN3. The van der Waals surface area contributed by atoms with Gasteiger partial charge in [0.05, 0.1) is 12.7 Å². The van der Waals surface area contributed by atoms with Gasteiger partial charge in [0.1, 0.15) is 10.4 Å². The van der Waals surface area contributed by atoms with Crippen LogP contribution < -0.4 is 0 Å². The molecule has 0 radical (unpaired) electrons. The quantitative estimate of drug-likeness (QED) is 0.824. The summed E-state index contributed by atoms with van der Waals surface area (Å²) in [6, 6.07) is 3.27. The molecule has 0 amide bonds. The van der Waals surface area contributed by atoms with Crippen LogP contribution in [-0.2, 0) is 6.54 Å². The van der Waals surface area contributed by atoms with Crippen molar-refractivity contribution in [2.45, 2.75) is 6.54 Å². The first-order chi connectivity index (χ1) is 6.74. The van der Waals surface area contributed by atoms with E-state index < -0.39 is 0 Å². The van der Waals surface area contributed by atoms with E-state index in [1.807, 2.05) is 12.3 Å². The molecule has 3 nitrogen and oxygen atoms in total. The molecule has 2 aromatic rings. The Hall–Kier alpha value is -1.23. The molecule has 0 aliphatic heterocycles. The molecule has 0 bridgehead atoms. The van der Waals surface area contributed by atoms with Crippen LogP contribution in [0.1, 0.15) is 5.56 Å². The van der Waals surface area contributed by atoms with Crippen molar-refractivity contribution in [3.63, 3.8) is 0 Å². The van der Waals surface area contributed by atoms with Crippen LogP contribution in [0.5, 0.6) is 0 Å². The van der Waals surface area contributed by atoms with Crippen molar-refractivity contribution in [1.82, 2.24) is 14.8 Å². The standard InChI is InChI=1S/C9H7BrFN3/c10-9-1-2-14(13-9)6-7-3-8(11)5-12-4-7/h1-5H,6H2. The van der Waals surface area contributed by atoms with E-state index in [1.165, 1.54) is 12.3 Å². The molecular weight excluding hydrogens is 249 g/mol. The Morgan fingerprint density at radius 1 is 1.43 bits per heavy atom. The molecule has 0 atom stereocenters. The van der Waals surface area contributed by atoms with Crippen LogP contribution in [0.15, 0.2) is 35.3 Å². The van der Waals surface area contributed by atoms with E-state index in [0.29, 0.717) is 6.54 Å². The van der Waals surface area contributed by atoms with Gasteiger partial charge in [-0.15, -0.1) is 0 Å². The lowest BCUT2D eigenvalue weighted by molar-refractivity contribution is 0.611. The van der Waals surface area contributed by atoms with Crippen molar-refractivity contribution in [1.29, 1.82) is 0 Å². The summed E-state index contributed by atoms with van der Waals surface area (Å²) in [5.74, 6) is -0.325. The van der Waals surface area contributed by atoms with E-state index in [-0.39, 0.29) is 5.82 Å². The number of hydrogen-bond donors (Lipinski definition) is 0. The van der Waals surface area contributed by atoms with Crippen molar-refractivity contribution in [2.75, 3.05) is 0 Å². The van der Waals surface area contributed by atoms with Crippen LogP contribution in [0.25, 0.3) is 0 Å². The molecule has 14 heavy (non-hydrogen) atoms. The van der Waals surface area contributed by atoms with Crippen LogP contribution in [0.3, 0.4) is 0 Å². The predicted octanol–water partition coefficient (Wildman–Crippen LogP) is 2.23. The molecule has 0 unspecified atom stereocenters. The first-order valence-corrected chi connectivity index (χ1v) is 4.82. The number of halogens is 2. The minimum atomic E-state index is -0.325. The number of aromatic nitrogens is 3. The normalized spacial score (nSPS) is 10.4. The molecule has 2 aromatic heterocycles. The SMILES string of the molecule is Fc1cncc(Cn2ccc(Br)n2)c1. The predicted molar refractivity (Wildman–Crippen MR) is 53.2 cm³/mol. The summed E-state index contributed by atoms with van der Waals surface area (Å²) in [5, 5.41) is 4.12. The Kier molecular flexibility index (Phi) is 2.58. The van der Waals surface area contributed by atoms with Gasteiger partial charge in [-0.25, -0.2) is 4.39 Å². The van der Waals surface area contributed by atoms with E-state index in [2.05, 4.69) is 26.0 Å². The molecule has 0 N–H and O–H groups in total. The molecule has 0 aliphatic rings. The summed E-state index contributed by atoms with van der Waals surface area (Å²) in [7, 11) is 0. The van der Waals surface area contributed by atoms with Gasteiger partial charge in [-0.05, 0) is 33.6 Å². The number of nitrogens with zero attached hydrogens (tertiary/aromatic N) is 3. The van der Waals surface area contributed by atoms with Crippen molar-refractivity contribution in [3.8, 4) is 0 Å². The molecule has 0 saturated heterocycles. The maximum absolute atomic E-state index is 12.8. The zero-order valence-corrected chi connectivity index (χ0v) is 8.78. The highest BCUT2D eigenvalue weighted by atomic mass is 79.9. The highest BCUT2D eigenvalue weighted by Gasteiger charge is 1.99. The monoisotopic (exact) mass is 255 g/mol. The lowest BCUT2D eigenvalue weighted by atomic mass is 10.3. The minimum absolute atomic E-state index is 0.325. The van der Waals surface area contributed by atoms with Crippen LogP contribution in [0, 0.1) is 5.82 Å². The number of pyridine rings is 1. The molecule has 2 rings (SSSR count). The van der Waals surface area contributed by atoms with Crippen molar-refractivity contribution >= 4 is 15.9 Å².